The van der Waals surface area contributed by atoms with E-state index in [2.05, 4.69) is 0 Å². The summed E-state index contributed by atoms with van der Waals surface area (Å²) in [5.74, 6) is 0. The van der Waals surface area contributed by atoms with E-state index in [9.17, 15) is 4.79 Å². The van der Waals surface area contributed by atoms with Gasteiger partial charge in [-0.1, -0.05) is 12.8 Å². The van der Waals surface area contributed by atoms with Gasteiger partial charge in [0.05, 0.1) is 0 Å². The number of nitrogens with zero attached hydrogens (tertiary/aromatic N) is 1. The van der Waals surface area contributed by atoms with Gasteiger partial charge in [0, 0.05) is 13.1 Å². The Labute approximate surface area is 61.2 Å². The molecule has 2 amide bonds. The number of hydrogen-bond donors (Lipinski definition) is 0. The fraction of sp³-hybridized carbons (Fsp3) is 0.857. The van der Waals surface area contributed by atoms with Crippen LogP contribution in [0, 0.1) is 0 Å². The average Bonchev–Trinajstić information content (AvgIpc) is 2.36. The van der Waals surface area contributed by atoms with Gasteiger partial charge in [-0.25, -0.2) is 10.5 Å². The smallest absolute Gasteiger partial charge is 0.323 e. The normalized spacial score (nSPS) is 19.3. The van der Waals surface area contributed by atoms with Gasteiger partial charge in [0.15, 0.2) is 0 Å². The highest BCUT2D eigenvalue weighted by Gasteiger charge is 2.21. The minimum absolute atomic E-state index is 0.352. The molecule has 0 aromatic rings. The second-order valence-corrected chi connectivity index (χ2v) is 2.85. The highest BCUT2D eigenvalue weighted by atomic mass is 16.2. The molecular formula is C7H13N2O. The molecule has 0 aromatic carbocycles. The van der Waals surface area contributed by atoms with Crippen LogP contribution in [0.4, 0.5) is 4.79 Å². The van der Waals surface area contributed by atoms with Gasteiger partial charge < -0.3 is 4.90 Å². The molecule has 1 aliphatic rings. The fourth-order valence-electron chi connectivity index (χ4n) is 1.46. The lowest BCUT2D eigenvalue weighted by Gasteiger charge is -2.20. The van der Waals surface area contributed by atoms with Gasteiger partial charge in [-0.15, -0.1) is 0 Å². The van der Waals surface area contributed by atoms with Crippen molar-refractivity contribution < 1.29 is 4.79 Å². The lowest BCUT2D eigenvalue weighted by atomic mass is 10.2. The molecule has 0 atom stereocenters. The van der Waals surface area contributed by atoms with Crippen molar-refractivity contribution in [3.05, 3.63) is 0 Å². The highest BCUT2D eigenvalue weighted by Crippen LogP contribution is 2.21. The van der Waals surface area contributed by atoms with Gasteiger partial charge in [-0.05, 0) is 12.8 Å². The number of rotatable bonds is 1. The molecule has 0 heterocycles. The average molecular weight is 141 g/mol. The highest BCUT2D eigenvalue weighted by molar-refractivity contribution is 5.71. The SMILES string of the molecule is CN(C([NH])=O)C1CCCC1. The Kier molecular flexibility index (Phi) is 2.14. The first kappa shape index (κ1) is 7.38. The molecule has 1 fully saturated rings. The summed E-state index contributed by atoms with van der Waals surface area (Å²) in [5.41, 5.74) is 6.84. The van der Waals surface area contributed by atoms with Crippen LogP contribution in [-0.2, 0) is 0 Å². The third-order valence-electron chi connectivity index (χ3n) is 2.19. The van der Waals surface area contributed by atoms with Crippen LogP contribution in [0.25, 0.3) is 0 Å². The molecule has 0 bridgehead atoms. The predicted octanol–water partition coefficient (Wildman–Crippen LogP) is 1.26. The third kappa shape index (κ3) is 1.40. The molecule has 1 saturated carbocycles. The number of carbonyl (C=O) groups is 1. The molecule has 10 heavy (non-hydrogen) atoms. The number of urea groups is 1. The van der Waals surface area contributed by atoms with E-state index in [4.69, 9.17) is 5.73 Å². The van der Waals surface area contributed by atoms with Crippen LogP contribution in [0.1, 0.15) is 25.7 Å². The number of nitrogens with one attached hydrogen (secondary N) is 1. The largest absolute Gasteiger partial charge is 0.336 e. The molecule has 3 heteroatoms. The Morgan fingerprint density at radius 3 is 2.40 bits per heavy atom. The van der Waals surface area contributed by atoms with Crippen molar-refractivity contribution in [1.82, 2.24) is 10.6 Å². The maximum atomic E-state index is 10.5. The molecule has 0 aromatic heterocycles. The van der Waals surface area contributed by atoms with Crippen LogP contribution in [0.2, 0.25) is 0 Å². The molecular weight excluding hydrogens is 128 g/mol. The molecule has 0 unspecified atom stereocenters. The summed E-state index contributed by atoms with van der Waals surface area (Å²) in [5, 5.41) is 0. The van der Waals surface area contributed by atoms with Crippen LogP contribution < -0.4 is 5.73 Å². The van der Waals surface area contributed by atoms with Crippen molar-refractivity contribution in [2.75, 3.05) is 7.05 Å². The van der Waals surface area contributed by atoms with Crippen LogP contribution in [0.15, 0.2) is 0 Å². The van der Waals surface area contributed by atoms with E-state index in [1.807, 2.05) is 0 Å². The second-order valence-electron chi connectivity index (χ2n) is 2.85. The summed E-state index contributed by atoms with van der Waals surface area (Å²) in [4.78, 5) is 12.1. The first-order valence-electron chi connectivity index (χ1n) is 3.70. The Balaban J connectivity index is 2.39. The Bertz CT molecular complexity index is 130. The lowest BCUT2D eigenvalue weighted by molar-refractivity contribution is 0.199. The van der Waals surface area contributed by atoms with E-state index in [1.54, 1.807) is 7.05 Å². The van der Waals surface area contributed by atoms with E-state index < -0.39 is 6.03 Å². The quantitative estimate of drug-likeness (QED) is 0.542. The molecule has 0 spiro atoms. The van der Waals surface area contributed by atoms with Crippen LogP contribution in [0.5, 0.6) is 0 Å². The minimum atomic E-state index is -0.549. The predicted molar refractivity (Wildman–Crippen MR) is 38.5 cm³/mol. The summed E-state index contributed by atoms with van der Waals surface area (Å²) >= 11 is 0. The number of carbonyl (C=O) groups excluding carboxylic acids is 1. The van der Waals surface area contributed by atoms with Crippen LogP contribution >= 0.6 is 0 Å². The lowest BCUT2D eigenvalue weighted by Crippen LogP contribution is -2.34. The van der Waals surface area contributed by atoms with Crippen LogP contribution in [0.3, 0.4) is 0 Å². The standard InChI is InChI=1S/C7H13N2O/c1-9(7(8)10)6-4-2-3-5-6/h6,8H,2-5H2,1H3. The van der Waals surface area contributed by atoms with Crippen molar-refractivity contribution in [3.8, 4) is 0 Å². The van der Waals surface area contributed by atoms with E-state index >= 15 is 0 Å². The number of hydrogen-bond acceptors (Lipinski definition) is 1. The Hall–Kier alpha value is -0.730. The van der Waals surface area contributed by atoms with Crippen molar-refractivity contribution in [2.24, 2.45) is 0 Å². The molecule has 1 rings (SSSR count). The van der Waals surface area contributed by atoms with E-state index in [1.165, 1.54) is 17.7 Å². The number of amides is 2. The van der Waals surface area contributed by atoms with Crippen molar-refractivity contribution in [1.29, 1.82) is 0 Å². The summed E-state index contributed by atoms with van der Waals surface area (Å²) in [6.07, 6.45) is 4.59. The van der Waals surface area contributed by atoms with E-state index in [-0.39, 0.29) is 0 Å². The first-order valence-corrected chi connectivity index (χ1v) is 3.70. The summed E-state index contributed by atoms with van der Waals surface area (Å²) in [7, 11) is 1.71. The van der Waals surface area contributed by atoms with E-state index in [0.717, 1.165) is 12.8 Å². The zero-order valence-corrected chi connectivity index (χ0v) is 6.26. The molecule has 0 aliphatic heterocycles. The summed E-state index contributed by atoms with van der Waals surface area (Å²) < 4.78 is 0. The van der Waals surface area contributed by atoms with Gasteiger partial charge in [0.2, 0.25) is 0 Å². The first-order chi connectivity index (χ1) is 4.72. The monoisotopic (exact) mass is 141 g/mol. The maximum absolute atomic E-state index is 10.5. The molecule has 1 radical (unpaired) electrons. The summed E-state index contributed by atoms with van der Waals surface area (Å²) in [6.45, 7) is 0. The molecule has 57 valence electrons. The summed E-state index contributed by atoms with van der Waals surface area (Å²) in [6, 6.07) is -0.197. The van der Waals surface area contributed by atoms with Crippen molar-refractivity contribution in [2.45, 2.75) is 31.7 Å². The maximum Gasteiger partial charge on any atom is 0.336 e. The zero-order valence-electron chi connectivity index (χ0n) is 6.26. The zero-order chi connectivity index (χ0) is 7.56. The molecule has 3 nitrogen and oxygen atoms in total. The van der Waals surface area contributed by atoms with Gasteiger partial charge >= 0.3 is 6.03 Å². The topological polar surface area (TPSA) is 44.1 Å². The molecule has 1 N–H and O–H groups in total. The van der Waals surface area contributed by atoms with Crippen LogP contribution in [-0.4, -0.2) is 24.0 Å². The fourth-order valence-corrected chi connectivity index (χ4v) is 1.46. The Morgan fingerprint density at radius 1 is 1.50 bits per heavy atom. The van der Waals surface area contributed by atoms with Gasteiger partial charge in [-0.2, -0.15) is 0 Å². The van der Waals surface area contributed by atoms with Gasteiger partial charge in [0.1, 0.15) is 0 Å². The van der Waals surface area contributed by atoms with Gasteiger partial charge in [0.25, 0.3) is 0 Å². The minimum Gasteiger partial charge on any atom is -0.323 e. The third-order valence-corrected chi connectivity index (χ3v) is 2.19. The van der Waals surface area contributed by atoms with Crippen molar-refractivity contribution in [3.63, 3.8) is 0 Å². The Morgan fingerprint density at radius 2 is 2.00 bits per heavy atom. The molecule has 1 aliphatic carbocycles. The van der Waals surface area contributed by atoms with E-state index in [0.29, 0.717) is 6.04 Å². The molecule has 0 saturated heterocycles. The second kappa shape index (κ2) is 2.90. The van der Waals surface area contributed by atoms with Crippen molar-refractivity contribution >= 4 is 6.03 Å². The van der Waals surface area contributed by atoms with Gasteiger partial charge in [-0.3, -0.25) is 0 Å².